The van der Waals surface area contributed by atoms with Crippen molar-refractivity contribution in [1.29, 1.82) is 0 Å². The Morgan fingerprint density at radius 1 is 1.29 bits per heavy atom. The number of carbonyl (C=O) groups excluding carboxylic acids is 1. The van der Waals surface area contributed by atoms with Crippen molar-refractivity contribution in [2.24, 2.45) is 5.92 Å². The number of ether oxygens (including phenoxy) is 2. The van der Waals surface area contributed by atoms with Crippen molar-refractivity contribution in [3.8, 4) is 15.3 Å². The van der Waals surface area contributed by atoms with Crippen molar-refractivity contribution in [3.63, 3.8) is 0 Å². The van der Waals surface area contributed by atoms with Crippen molar-refractivity contribution in [1.82, 2.24) is 15.2 Å². The van der Waals surface area contributed by atoms with Crippen LogP contribution in [0.4, 0.5) is 0 Å². The van der Waals surface area contributed by atoms with Gasteiger partial charge in [-0.25, -0.2) is 4.98 Å². The van der Waals surface area contributed by atoms with Crippen LogP contribution in [0.15, 0.2) is 18.3 Å². The number of thiophene rings is 1. The molecule has 0 aliphatic carbocycles. The minimum atomic E-state index is -0.00896. The lowest BCUT2D eigenvalue weighted by Gasteiger charge is -2.44. The van der Waals surface area contributed by atoms with E-state index in [1.807, 2.05) is 12.1 Å². The summed E-state index contributed by atoms with van der Waals surface area (Å²) < 4.78 is 10.8. The number of amides is 1. The fourth-order valence-electron chi connectivity index (χ4n) is 3.34. The summed E-state index contributed by atoms with van der Waals surface area (Å²) in [6.45, 7) is 3.32. The van der Waals surface area contributed by atoms with Gasteiger partial charge in [-0.05, 0) is 55.3 Å². The highest BCUT2D eigenvalue weighted by Gasteiger charge is 2.35. The van der Waals surface area contributed by atoms with Gasteiger partial charge in [-0.2, -0.15) is 0 Å². The van der Waals surface area contributed by atoms with E-state index >= 15 is 0 Å². The van der Waals surface area contributed by atoms with E-state index in [2.05, 4.69) is 15.2 Å². The Balaban J connectivity index is 1.38. The summed E-state index contributed by atoms with van der Waals surface area (Å²) >= 11 is 2.67. The first kappa shape index (κ1) is 15.9. The van der Waals surface area contributed by atoms with Gasteiger partial charge in [0.2, 0.25) is 0 Å². The average Bonchev–Trinajstić information content (AvgIpc) is 3.26. The molecule has 2 aromatic rings. The van der Waals surface area contributed by atoms with Gasteiger partial charge in [0.05, 0.1) is 18.2 Å². The van der Waals surface area contributed by atoms with Gasteiger partial charge in [0.15, 0.2) is 10.1 Å². The summed E-state index contributed by atoms with van der Waals surface area (Å²) in [7, 11) is 1.60. The topological polar surface area (TPSA) is 63.7 Å². The standard InChI is InChI=1S/C16H19N3O3S2/c1-21-14-8-17-16(24-14)22-13-3-2-12(23-13)15(20)18-11-9-19-6-4-10(11)5-7-19/h2-3,8,10-11H,4-7,9H2,1H3,(H,18,20). The second-order valence-electron chi connectivity index (χ2n) is 6.09. The fourth-order valence-corrected chi connectivity index (χ4v) is 4.75. The second kappa shape index (κ2) is 6.70. The minimum absolute atomic E-state index is 0.00896. The Bertz CT molecular complexity index is 722. The van der Waals surface area contributed by atoms with Crippen LogP contribution in [0.2, 0.25) is 0 Å². The van der Waals surface area contributed by atoms with Crippen molar-refractivity contribution in [2.75, 3.05) is 26.7 Å². The molecule has 128 valence electrons. The quantitative estimate of drug-likeness (QED) is 0.883. The number of nitrogens with zero attached hydrogens (tertiary/aromatic N) is 2. The Hall–Kier alpha value is -1.64. The minimum Gasteiger partial charge on any atom is -0.486 e. The Labute approximate surface area is 148 Å². The summed E-state index contributed by atoms with van der Waals surface area (Å²) in [5, 5.41) is 5.06. The zero-order chi connectivity index (χ0) is 16.5. The van der Waals surface area contributed by atoms with Crippen molar-refractivity contribution in [3.05, 3.63) is 23.2 Å². The highest BCUT2D eigenvalue weighted by Crippen LogP contribution is 2.35. The number of methoxy groups -OCH3 is 1. The highest BCUT2D eigenvalue weighted by atomic mass is 32.1. The molecule has 0 spiro atoms. The van der Waals surface area contributed by atoms with Crippen LogP contribution in [-0.2, 0) is 0 Å². The second-order valence-corrected chi connectivity index (χ2v) is 8.09. The molecule has 1 amide bonds. The molecule has 0 aromatic carbocycles. The zero-order valence-electron chi connectivity index (χ0n) is 13.4. The molecule has 24 heavy (non-hydrogen) atoms. The normalized spacial score (nSPS) is 25.5. The predicted octanol–water partition coefficient (Wildman–Crippen LogP) is 2.83. The smallest absolute Gasteiger partial charge is 0.282 e. The Kier molecular flexibility index (Phi) is 4.43. The molecule has 3 fully saturated rings. The SMILES string of the molecule is COc1cnc(Oc2ccc(C(=O)NC3CN4CCC3CC4)s2)s1. The lowest BCUT2D eigenvalue weighted by atomic mass is 9.84. The predicted molar refractivity (Wildman–Crippen MR) is 93.5 cm³/mol. The lowest BCUT2D eigenvalue weighted by Crippen LogP contribution is -2.57. The molecule has 0 saturated carbocycles. The molecular formula is C16H19N3O3S2. The average molecular weight is 365 g/mol. The van der Waals surface area contributed by atoms with Gasteiger partial charge in [-0.15, -0.1) is 0 Å². The maximum Gasteiger partial charge on any atom is 0.282 e. The third-order valence-corrected chi connectivity index (χ3v) is 6.43. The molecule has 3 aliphatic heterocycles. The first-order valence-corrected chi connectivity index (χ1v) is 9.65. The van der Waals surface area contributed by atoms with Crippen LogP contribution in [0.25, 0.3) is 0 Å². The monoisotopic (exact) mass is 365 g/mol. The van der Waals surface area contributed by atoms with Crippen LogP contribution in [0.3, 0.4) is 0 Å². The molecule has 2 aromatic heterocycles. The van der Waals surface area contributed by atoms with Crippen LogP contribution < -0.4 is 14.8 Å². The third-order valence-electron chi connectivity index (χ3n) is 4.63. The van der Waals surface area contributed by atoms with E-state index in [0.717, 1.165) is 6.54 Å². The number of hydrogen-bond acceptors (Lipinski definition) is 7. The Morgan fingerprint density at radius 2 is 2.12 bits per heavy atom. The van der Waals surface area contributed by atoms with Gasteiger partial charge in [-0.3, -0.25) is 4.79 Å². The molecule has 3 saturated heterocycles. The summed E-state index contributed by atoms with van der Waals surface area (Å²) in [5.74, 6) is 0.614. The number of rotatable bonds is 5. The van der Waals surface area contributed by atoms with Crippen LogP contribution in [0.5, 0.6) is 15.3 Å². The molecule has 8 heteroatoms. The summed E-state index contributed by atoms with van der Waals surface area (Å²) in [6, 6.07) is 3.89. The summed E-state index contributed by atoms with van der Waals surface area (Å²) in [6.07, 6.45) is 4.00. The van der Waals surface area contributed by atoms with E-state index in [1.54, 1.807) is 13.3 Å². The van der Waals surface area contributed by atoms with Crippen molar-refractivity contribution >= 4 is 28.6 Å². The third kappa shape index (κ3) is 3.26. The molecular weight excluding hydrogens is 346 g/mol. The highest BCUT2D eigenvalue weighted by molar-refractivity contribution is 7.16. The van der Waals surface area contributed by atoms with E-state index in [-0.39, 0.29) is 11.9 Å². The van der Waals surface area contributed by atoms with Crippen LogP contribution in [0.1, 0.15) is 22.5 Å². The number of carbonyl (C=O) groups is 1. The van der Waals surface area contributed by atoms with Crippen LogP contribution >= 0.6 is 22.7 Å². The maximum atomic E-state index is 12.5. The molecule has 1 atom stereocenters. The van der Waals surface area contributed by atoms with E-state index in [0.29, 0.717) is 26.1 Å². The zero-order valence-corrected chi connectivity index (χ0v) is 15.0. The number of hydrogen-bond donors (Lipinski definition) is 1. The Morgan fingerprint density at radius 3 is 2.79 bits per heavy atom. The van der Waals surface area contributed by atoms with E-state index in [4.69, 9.17) is 9.47 Å². The van der Waals surface area contributed by atoms with Crippen molar-refractivity contribution in [2.45, 2.75) is 18.9 Å². The van der Waals surface area contributed by atoms with Gasteiger partial charge in [0.1, 0.15) is 0 Å². The molecule has 1 unspecified atom stereocenters. The lowest BCUT2D eigenvalue weighted by molar-refractivity contribution is 0.0622. The molecule has 0 radical (unpaired) electrons. The molecule has 6 nitrogen and oxygen atoms in total. The largest absolute Gasteiger partial charge is 0.486 e. The molecule has 5 rings (SSSR count). The number of thiazole rings is 1. The number of fused-ring (bicyclic) bond motifs is 3. The van der Waals surface area contributed by atoms with Crippen LogP contribution in [-0.4, -0.2) is 48.6 Å². The summed E-state index contributed by atoms with van der Waals surface area (Å²) in [5.41, 5.74) is 0. The fraction of sp³-hybridized carbons (Fsp3) is 0.500. The van der Waals surface area contributed by atoms with E-state index < -0.39 is 0 Å². The molecule has 1 N–H and O–H groups in total. The first-order valence-electron chi connectivity index (χ1n) is 8.02. The van der Waals surface area contributed by atoms with Gasteiger partial charge < -0.3 is 19.7 Å². The molecule has 3 aliphatic rings. The van der Waals surface area contributed by atoms with E-state index in [1.165, 1.54) is 48.6 Å². The van der Waals surface area contributed by atoms with E-state index in [9.17, 15) is 4.79 Å². The first-order chi connectivity index (χ1) is 11.7. The van der Waals surface area contributed by atoms with Gasteiger partial charge in [0, 0.05) is 12.6 Å². The van der Waals surface area contributed by atoms with Crippen LogP contribution in [0, 0.1) is 5.92 Å². The van der Waals surface area contributed by atoms with Gasteiger partial charge in [-0.1, -0.05) is 11.3 Å². The number of aromatic nitrogens is 1. The van der Waals surface area contributed by atoms with Gasteiger partial charge >= 0.3 is 0 Å². The maximum absolute atomic E-state index is 12.5. The van der Waals surface area contributed by atoms with Gasteiger partial charge in [0.25, 0.3) is 11.1 Å². The van der Waals surface area contributed by atoms with Crippen molar-refractivity contribution < 1.29 is 14.3 Å². The summed E-state index contributed by atoms with van der Waals surface area (Å²) in [4.78, 5) is 19.7. The number of nitrogens with one attached hydrogen (secondary N) is 1. The molecule has 5 heterocycles. The molecule has 2 bridgehead atoms. The number of piperidine rings is 3.